The highest BCUT2D eigenvalue weighted by Crippen LogP contribution is 2.28. The third kappa shape index (κ3) is 5.00. The number of hydrogen-bond donors (Lipinski definition) is 1. The summed E-state index contributed by atoms with van der Waals surface area (Å²) >= 11 is 0. The number of anilines is 1. The van der Waals surface area contributed by atoms with Gasteiger partial charge in [0.05, 0.1) is 23.5 Å². The Balaban J connectivity index is 1.39. The minimum Gasteiger partial charge on any atom is -0.478 e. The van der Waals surface area contributed by atoms with E-state index in [1.54, 1.807) is 45.2 Å². The molecule has 1 unspecified atom stereocenters. The Hall–Kier alpha value is -3.82. The van der Waals surface area contributed by atoms with Gasteiger partial charge < -0.3 is 24.4 Å². The van der Waals surface area contributed by atoms with Crippen molar-refractivity contribution in [3.63, 3.8) is 0 Å². The zero-order valence-electron chi connectivity index (χ0n) is 18.7. The highest BCUT2D eigenvalue weighted by atomic mass is 16.6. The average Bonchev–Trinajstić information content (AvgIpc) is 3.09. The summed E-state index contributed by atoms with van der Waals surface area (Å²) in [5.41, 5.74) is 0.228. The maximum absolute atomic E-state index is 12.9. The van der Waals surface area contributed by atoms with Crippen LogP contribution in [0.1, 0.15) is 31.1 Å². The lowest BCUT2D eigenvalue weighted by Gasteiger charge is -2.36. The lowest BCUT2D eigenvalue weighted by Crippen LogP contribution is -2.54. The zero-order valence-corrected chi connectivity index (χ0v) is 18.7. The molecule has 10 nitrogen and oxygen atoms in total. The van der Waals surface area contributed by atoms with Crippen LogP contribution in [-0.4, -0.2) is 75.8 Å². The molecular weight excluding hydrogens is 428 g/mol. The molecule has 4 rings (SSSR count). The van der Waals surface area contributed by atoms with Gasteiger partial charge in [-0.1, -0.05) is 0 Å². The second-order valence-electron chi connectivity index (χ2n) is 8.95. The van der Waals surface area contributed by atoms with Gasteiger partial charge in [0.1, 0.15) is 11.4 Å². The SMILES string of the molecule is CC(C)(C)OC(=O)N1CCN2C(=O)N(c3ccc(Oc4ccc(C(=O)O)cc4)nc3)CC2C1. The van der Waals surface area contributed by atoms with Gasteiger partial charge in [-0.25, -0.2) is 19.4 Å². The quantitative estimate of drug-likeness (QED) is 0.753. The van der Waals surface area contributed by atoms with Crippen molar-refractivity contribution < 1.29 is 29.0 Å². The molecule has 3 heterocycles. The van der Waals surface area contributed by atoms with E-state index in [9.17, 15) is 14.4 Å². The first-order valence-electron chi connectivity index (χ1n) is 10.6. The van der Waals surface area contributed by atoms with E-state index in [1.807, 2.05) is 20.8 Å². The molecule has 1 atom stereocenters. The summed E-state index contributed by atoms with van der Waals surface area (Å²) in [7, 11) is 0. The van der Waals surface area contributed by atoms with Crippen molar-refractivity contribution in [3.05, 3.63) is 48.2 Å². The Bertz CT molecular complexity index is 1050. The van der Waals surface area contributed by atoms with Gasteiger partial charge in [0.2, 0.25) is 5.88 Å². The molecule has 2 saturated heterocycles. The van der Waals surface area contributed by atoms with Crippen LogP contribution >= 0.6 is 0 Å². The summed E-state index contributed by atoms with van der Waals surface area (Å²) in [6, 6.07) is 9.16. The Labute approximate surface area is 191 Å². The number of amides is 3. The fraction of sp³-hybridized carbons (Fsp3) is 0.391. The van der Waals surface area contributed by atoms with Crippen LogP contribution in [0.25, 0.3) is 0 Å². The van der Waals surface area contributed by atoms with Crippen LogP contribution in [0.5, 0.6) is 11.6 Å². The van der Waals surface area contributed by atoms with Crippen molar-refractivity contribution in [1.29, 1.82) is 0 Å². The van der Waals surface area contributed by atoms with Gasteiger partial charge in [0.15, 0.2) is 0 Å². The predicted molar refractivity (Wildman–Crippen MR) is 119 cm³/mol. The smallest absolute Gasteiger partial charge is 0.410 e. The number of piperazine rings is 1. The van der Waals surface area contributed by atoms with Crippen molar-refractivity contribution in [2.75, 3.05) is 31.1 Å². The molecule has 2 fully saturated rings. The topological polar surface area (TPSA) is 113 Å². The Kier molecular flexibility index (Phi) is 5.84. The van der Waals surface area contributed by atoms with Crippen molar-refractivity contribution in [3.8, 4) is 11.6 Å². The molecule has 2 aliphatic rings. The summed E-state index contributed by atoms with van der Waals surface area (Å²) in [5.74, 6) is -0.232. The molecule has 174 valence electrons. The molecule has 2 aliphatic heterocycles. The van der Waals surface area contributed by atoms with Crippen LogP contribution in [0, 0.1) is 0 Å². The molecule has 0 spiro atoms. The van der Waals surface area contributed by atoms with Crippen LogP contribution in [0.2, 0.25) is 0 Å². The number of carbonyl (C=O) groups is 3. The number of rotatable bonds is 4. The fourth-order valence-electron chi connectivity index (χ4n) is 3.79. The van der Waals surface area contributed by atoms with Crippen molar-refractivity contribution >= 4 is 23.8 Å². The van der Waals surface area contributed by atoms with E-state index in [2.05, 4.69) is 4.98 Å². The van der Waals surface area contributed by atoms with Gasteiger partial charge in [-0.15, -0.1) is 0 Å². The minimum atomic E-state index is -1.01. The third-order valence-electron chi connectivity index (χ3n) is 5.36. The number of urea groups is 1. The first-order chi connectivity index (χ1) is 15.6. The number of ether oxygens (including phenoxy) is 2. The molecule has 2 aromatic rings. The number of carboxylic acid groups (broad SMARTS) is 1. The highest BCUT2D eigenvalue weighted by Gasteiger charge is 2.43. The molecule has 10 heteroatoms. The zero-order chi connectivity index (χ0) is 23.8. The molecule has 0 aliphatic carbocycles. The summed E-state index contributed by atoms with van der Waals surface area (Å²) in [6.07, 6.45) is 1.19. The van der Waals surface area contributed by atoms with Crippen LogP contribution in [0.4, 0.5) is 15.3 Å². The van der Waals surface area contributed by atoms with Gasteiger partial charge >= 0.3 is 18.1 Å². The van der Waals surface area contributed by atoms with E-state index in [0.717, 1.165) is 0 Å². The van der Waals surface area contributed by atoms with Crippen LogP contribution in [-0.2, 0) is 4.74 Å². The van der Waals surface area contributed by atoms with Crippen molar-refractivity contribution in [2.24, 2.45) is 0 Å². The van der Waals surface area contributed by atoms with Gasteiger partial charge in [-0.05, 0) is 51.1 Å². The number of fused-ring (bicyclic) bond motifs is 1. The number of aromatic carboxylic acids is 1. The molecule has 1 aromatic heterocycles. The summed E-state index contributed by atoms with van der Waals surface area (Å²) in [5, 5.41) is 8.97. The summed E-state index contributed by atoms with van der Waals surface area (Å²) < 4.78 is 11.1. The van der Waals surface area contributed by atoms with E-state index < -0.39 is 11.6 Å². The number of nitrogens with zero attached hydrogens (tertiary/aromatic N) is 4. The molecule has 1 N–H and O–H groups in total. The number of hydrogen-bond acceptors (Lipinski definition) is 6. The van der Waals surface area contributed by atoms with Gasteiger partial charge in [-0.3, -0.25) is 4.90 Å². The largest absolute Gasteiger partial charge is 0.478 e. The minimum absolute atomic E-state index is 0.122. The van der Waals surface area contributed by atoms with Gasteiger partial charge in [-0.2, -0.15) is 0 Å². The lowest BCUT2D eigenvalue weighted by molar-refractivity contribution is 0.0128. The number of carbonyl (C=O) groups excluding carboxylic acids is 2. The monoisotopic (exact) mass is 454 g/mol. The van der Waals surface area contributed by atoms with Crippen LogP contribution in [0.15, 0.2) is 42.6 Å². The van der Waals surface area contributed by atoms with Crippen LogP contribution < -0.4 is 9.64 Å². The number of pyridine rings is 1. The van der Waals surface area contributed by atoms with Crippen molar-refractivity contribution in [2.45, 2.75) is 32.4 Å². The van der Waals surface area contributed by atoms with E-state index >= 15 is 0 Å². The molecule has 33 heavy (non-hydrogen) atoms. The van der Waals surface area contributed by atoms with E-state index in [0.29, 0.717) is 43.5 Å². The second-order valence-corrected chi connectivity index (χ2v) is 8.95. The second kappa shape index (κ2) is 8.61. The molecule has 0 bridgehead atoms. The molecule has 1 aromatic carbocycles. The first kappa shape index (κ1) is 22.4. The lowest BCUT2D eigenvalue weighted by atomic mass is 10.2. The molecular formula is C23H26N4O6. The fourth-order valence-corrected chi connectivity index (χ4v) is 3.79. The average molecular weight is 454 g/mol. The van der Waals surface area contributed by atoms with Gasteiger partial charge in [0, 0.05) is 32.2 Å². The van der Waals surface area contributed by atoms with E-state index in [-0.39, 0.29) is 23.7 Å². The van der Waals surface area contributed by atoms with E-state index in [1.165, 1.54) is 12.1 Å². The highest BCUT2D eigenvalue weighted by molar-refractivity contribution is 5.94. The number of aromatic nitrogens is 1. The Morgan fingerprint density at radius 2 is 1.79 bits per heavy atom. The van der Waals surface area contributed by atoms with Crippen LogP contribution in [0.3, 0.4) is 0 Å². The number of benzene rings is 1. The molecule has 0 saturated carbocycles. The predicted octanol–water partition coefficient (Wildman–Crippen LogP) is 3.43. The summed E-state index contributed by atoms with van der Waals surface area (Å²) in [6.45, 7) is 7.21. The third-order valence-corrected chi connectivity index (χ3v) is 5.36. The summed E-state index contributed by atoms with van der Waals surface area (Å²) in [4.78, 5) is 45.6. The molecule has 0 radical (unpaired) electrons. The standard InChI is InChI=1S/C23H26N4O6/c1-23(2,3)33-22(31)25-10-11-26-17(13-25)14-27(21(26)30)16-6-9-19(24-12-16)32-18-7-4-15(5-8-18)20(28)29/h4-9,12,17H,10-11,13-14H2,1-3H3,(H,28,29). The Morgan fingerprint density at radius 3 is 2.39 bits per heavy atom. The van der Waals surface area contributed by atoms with E-state index in [4.69, 9.17) is 14.6 Å². The van der Waals surface area contributed by atoms with Gasteiger partial charge in [0.25, 0.3) is 0 Å². The first-order valence-corrected chi connectivity index (χ1v) is 10.6. The normalized spacial score (nSPS) is 18.2. The Morgan fingerprint density at radius 1 is 1.06 bits per heavy atom. The van der Waals surface area contributed by atoms with Crippen molar-refractivity contribution in [1.82, 2.24) is 14.8 Å². The molecule has 3 amide bonds. The maximum atomic E-state index is 12.9. The maximum Gasteiger partial charge on any atom is 0.410 e. The number of carboxylic acids is 1.